The molecule has 0 atom stereocenters. The molecule has 0 saturated heterocycles. The highest BCUT2D eigenvalue weighted by molar-refractivity contribution is 5.93. The lowest BCUT2D eigenvalue weighted by atomic mass is 10.0. The van der Waals surface area contributed by atoms with Crippen LogP contribution in [0.2, 0.25) is 0 Å². The zero-order chi connectivity index (χ0) is 13.4. The van der Waals surface area contributed by atoms with Gasteiger partial charge in [0.05, 0.1) is 5.69 Å². The minimum absolute atomic E-state index is 0.490. The van der Waals surface area contributed by atoms with Gasteiger partial charge in [-0.15, -0.1) is 0 Å². The second-order valence-electron chi connectivity index (χ2n) is 4.76. The quantitative estimate of drug-likeness (QED) is 0.762. The van der Waals surface area contributed by atoms with Gasteiger partial charge in [0.1, 0.15) is 12.0 Å². The topological polar surface area (TPSA) is 56.7 Å². The Hall–Kier alpha value is -2.20. The maximum Gasteiger partial charge on any atom is 0.144 e. The number of aromatic nitrogens is 3. The van der Waals surface area contributed by atoms with Crippen LogP contribution in [-0.4, -0.2) is 14.5 Å². The molecule has 0 amide bonds. The first-order valence-electron chi connectivity index (χ1n) is 6.26. The molecule has 3 rings (SSSR count). The van der Waals surface area contributed by atoms with Gasteiger partial charge in [-0.25, -0.2) is 9.97 Å². The van der Waals surface area contributed by atoms with Crippen molar-refractivity contribution < 1.29 is 0 Å². The van der Waals surface area contributed by atoms with E-state index in [9.17, 15) is 0 Å². The van der Waals surface area contributed by atoms with Crippen LogP contribution >= 0.6 is 0 Å². The fourth-order valence-electron chi connectivity index (χ4n) is 2.46. The summed E-state index contributed by atoms with van der Waals surface area (Å²) in [6, 6.07) is 8.33. The lowest BCUT2D eigenvalue weighted by molar-refractivity contribution is 0.930. The Balaban J connectivity index is 2.35. The summed E-state index contributed by atoms with van der Waals surface area (Å²) in [6.07, 6.45) is 3.64. The van der Waals surface area contributed by atoms with Crippen LogP contribution in [-0.2, 0) is 13.6 Å². The van der Waals surface area contributed by atoms with E-state index in [0.29, 0.717) is 6.54 Å². The van der Waals surface area contributed by atoms with Gasteiger partial charge in [0.2, 0.25) is 0 Å². The standard InChI is InChI=1S/C15H16N4/c1-10-4-3-5-11(6-10)14-13-12(7-16)8-19(2)15(13)18-9-17-14/h3-6,8-9H,7,16H2,1-2H3. The summed E-state index contributed by atoms with van der Waals surface area (Å²) in [4.78, 5) is 8.81. The minimum atomic E-state index is 0.490. The number of hydrogen-bond acceptors (Lipinski definition) is 3. The first kappa shape index (κ1) is 11.9. The first-order valence-corrected chi connectivity index (χ1v) is 6.26. The Morgan fingerprint density at radius 2 is 2.11 bits per heavy atom. The van der Waals surface area contributed by atoms with Crippen molar-refractivity contribution in [2.45, 2.75) is 13.5 Å². The Morgan fingerprint density at radius 3 is 2.84 bits per heavy atom. The summed E-state index contributed by atoms with van der Waals surface area (Å²) in [7, 11) is 1.98. The van der Waals surface area contributed by atoms with Crippen LogP contribution in [0.1, 0.15) is 11.1 Å². The number of benzene rings is 1. The molecule has 0 saturated carbocycles. The SMILES string of the molecule is Cc1cccc(-c2ncnc3c2c(CN)cn3C)c1. The molecule has 2 aromatic heterocycles. The van der Waals surface area contributed by atoms with Crippen LogP contribution in [0.5, 0.6) is 0 Å². The van der Waals surface area contributed by atoms with Crippen molar-refractivity contribution in [2.75, 3.05) is 0 Å². The van der Waals surface area contributed by atoms with Crippen molar-refractivity contribution in [1.29, 1.82) is 0 Å². The summed E-state index contributed by atoms with van der Waals surface area (Å²) < 4.78 is 2.00. The Bertz CT molecular complexity index is 743. The second kappa shape index (κ2) is 4.48. The molecule has 0 aliphatic heterocycles. The predicted molar refractivity (Wildman–Crippen MR) is 76.6 cm³/mol. The number of hydrogen-bond donors (Lipinski definition) is 1. The number of fused-ring (bicyclic) bond motifs is 1. The van der Waals surface area contributed by atoms with Gasteiger partial charge >= 0.3 is 0 Å². The Labute approximate surface area is 111 Å². The summed E-state index contributed by atoms with van der Waals surface area (Å²) in [5.74, 6) is 0. The Kier molecular flexibility index (Phi) is 2.80. The second-order valence-corrected chi connectivity index (χ2v) is 4.76. The average Bonchev–Trinajstić information content (AvgIpc) is 2.76. The summed E-state index contributed by atoms with van der Waals surface area (Å²) in [5.41, 5.74) is 11.1. The lowest BCUT2D eigenvalue weighted by Gasteiger charge is -2.05. The van der Waals surface area contributed by atoms with E-state index >= 15 is 0 Å². The smallest absolute Gasteiger partial charge is 0.144 e. The van der Waals surface area contributed by atoms with Crippen LogP contribution in [0, 0.1) is 6.92 Å². The van der Waals surface area contributed by atoms with Gasteiger partial charge in [-0.2, -0.15) is 0 Å². The van der Waals surface area contributed by atoms with Gasteiger partial charge in [-0.3, -0.25) is 0 Å². The highest BCUT2D eigenvalue weighted by Crippen LogP contribution is 2.29. The molecule has 19 heavy (non-hydrogen) atoms. The van der Waals surface area contributed by atoms with E-state index in [1.807, 2.05) is 23.9 Å². The van der Waals surface area contributed by atoms with Crippen LogP contribution in [0.3, 0.4) is 0 Å². The molecule has 2 heterocycles. The molecule has 0 fully saturated rings. The third kappa shape index (κ3) is 1.90. The van der Waals surface area contributed by atoms with Crippen molar-refractivity contribution in [1.82, 2.24) is 14.5 Å². The van der Waals surface area contributed by atoms with Crippen LogP contribution < -0.4 is 5.73 Å². The maximum atomic E-state index is 5.84. The number of nitrogens with two attached hydrogens (primary N) is 1. The predicted octanol–water partition coefficient (Wildman–Crippen LogP) is 2.40. The first-order chi connectivity index (χ1) is 9.20. The van der Waals surface area contributed by atoms with Crippen molar-refractivity contribution in [3.05, 3.63) is 47.9 Å². The van der Waals surface area contributed by atoms with E-state index in [2.05, 4.69) is 35.1 Å². The molecule has 2 N–H and O–H groups in total. The monoisotopic (exact) mass is 252 g/mol. The van der Waals surface area contributed by atoms with Crippen LogP contribution in [0.15, 0.2) is 36.8 Å². The maximum absolute atomic E-state index is 5.84. The van der Waals surface area contributed by atoms with E-state index in [-0.39, 0.29) is 0 Å². The third-order valence-electron chi connectivity index (χ3n) is 3.34. The molecular formula is C15H16N4. The highest BCUT2D eigenvalue weighted by Gasteiger charge is 2.13. The van der Waals surface area contributed by atoms with E-state index < -0.39 is 0 Å². The minimum Gasteiger partial charge on any atom is -0.335 e. The van der Waals surface area contributed by atoms with Crippen molar-refractivity contribution in [3.63, 3.8) is 0 Å². The fraction of sp³-hybridized carbons (Fsp3) is 0.200. The normalized spacial score (nSPS) is 11.1. The number of nitrogens with zero attached hydrogens (tertiary/aromatic N) is 3. The summed E-state index contributed by atoms with van der Waals surface area (Å²) in [5, 5.41) is 1.05. The molecular weight excluding hydrogens is 236 g/mol. The molecule has 0 radical (unpaired) electrons. The fourth-order valence-corrected chi connectivity index (χ4v) is 2.46. The zero-order valence-electron chi connectivity index (χ0n) is 11.1. The molecule has 96 valence electrons. The lowest BCUT2D eigenvalue weighted by Crippen LogP contribution is -1.96. The molecule has 4 heteroatoms. The molecule has 0 spiro atoms. The van der Waals surface area contributed by atoms with Gasteiger partial charge in [0.25, 0.3) is 0 Å². The van der Waals surface area contributed by atoms with Gasteiger partial charge in [0.15, 0.2) is 0 Å². The van der Waals surface area contributed by atoms with E-state index in [4.69, 9.17) is 5.73 Å². The Morgan fingerprint density at radius 1 is 1.26 bits per heavy atom. The summed E-state index contributed by atoms with van der Waals surface area (Å²) >= 11 is 0. The van der Waals surface area contributed by atoms with Crippen LogP contribution in [0.4, 0.5) is 0 Å². The molecule has 4 nitrogen and oxygen atoms in total. The van der Waals surface area contributed by atoms with Crippen LogP contribution in [0.25, 0.3) is 22.3 Å². The molecule has 0 unspecified atom stereocenters. The molecule has 0 aliphatic carbocycles. The van der Waals surface area contributed by atoms with Gasteiger partial charge in [-0.1, -0.05) is 23.8 Å². The van der Waals surface area contributed by atoms with Crippen molar-refractivity contribution >= 4 is 11.0 Å². The molecule has 0 aliphatic rings. The molecule has 0 bridgehead atoms. The third-order valence-corrected chi connectivity index (χ3v) is 3.34. The number of rotatable bonds is 2. The molecule has 1 aromatic carbocycles. The average molecular weight is 252 g/mol. The summed E-state index contributed by atoms with van der Waals surface area (Å²) in [6.45, 7) is 2.57. The van der Waals surface area contributed by atoms with E-state index in [1.165, 1.54) is 5.56 Å². The number of aryl methyl sites for hydroxylation is 2. The van der Waals surface area contributed by atoms with Gasteiger partial charge in [-0.05, 0) is 18.6 Å². The van der Waals surface area contributed by atoms with Crippen molar-refractivity contribution in [3.8, 4) is 11.3 Å². The molecule has 3 aromatic rings. The zero-order valence-corrected chi connectivity index (χ0v) is 11.1. The van der Waals surface area contributed by atoms with Crippen molar-refractivity contribution in [2.24, 2.45) is 12.8 Å². The van der Waals surface area contributed by atoms with Gasteiger partial charge in [0, 0.05) is 30.7 Å². The highest BCUT2D eigenvalue weighted by atomic mass is 15.0. The van der Waals surface area contributed by atoms with Gasteiger partial charge < -0.3 is 10.3 Å². The van der Waals surface area contributed by atoms with E-state index in [0.717, 1.165) is 27.9 Å². The van der Waals surface area contributed by atoms with E-state index in [1.54, 1.807) is 6.33 Å². The largest absolute Gasteiger partial charge is 0.335 e.